The van der Waals surface area contributed by atoms with Gasteiger partial charge in [0, 0.05) is 0 Å². The normalized spacial score (nSPS) is 13.4. The van der Waals surface area contributed by atoms with Crippen molar-refractivity contribution in [1.82, 2.24) is 10.6 Å². The molecule has 0 bridgehead atoms. The van der Waals surface area contributed by atoms with Crippen LogP contribution < -0.4 is 24.8 Å². The molecule has 0 atom stereocenters. The fraction of sp³-hybridized carbons (Fsp3) is 0.261. The van der Waals surface area contributed by atoms with Gasteiger partial charge in [0.15, 0.2) is 16.6 Å². The van der Waals surface area contributed by atoms with Gasteiger partial charge in [-0.2, -0.15) is 0 Å². The number of benzene rings is 2. The van der Waals surface area contributed by atoms with E-state index in [1.807, 2.05) is 39.0 Å². The molecule has 1 fully saturated rings. The first-order chi connectivity index (χ1) is 15.3. The molecular formula is C23H23ClN2O5S. The van der Waals surface area contributed by atoms with Gasteiger partial charge in [-0.05, 0) is 68.4 Å². The van der Waals surface area contributed by atoms with Crippen LogP contribution in [-0.2, 0) is 9.59 Å². The predicted molar refractivity (Wildman–Crippen MR) is 126 cm³/mol. The third-order valence-corrected chi connectivity index (χ3v) is 4.99. The lowest BCUT2D eigenvalue weighted by atomic mass is 10.1. The molecule has 7 nitrogen and oxygen atoms in total. The summed E-state index contributed by atoms with van der Waals surface area (Å²) in [4.78, 5) is 24.2. The second-order valence-electron chi connectivity index (χ2n) is 7.02. The summed E-state index contributed by atoms with van der Waals surface area (Å²) in [6.45, 7) is 6.78. The number of carbonyl (C=O) groups is 2. The van der Waals surface area contributed by atoms with Crippen LogP contribution in [0.15, 0.2) is 35.9 Å². The molecule has 2 aromatic carbocycles. The molecule has 2 amide bonds. The fourth-order valence-electron chi connectivity index (χ4n) is 3.10. The minimum atomic E-state index is -0.586. The molecule has 3 rings (SSSR count). The van der Waals surface area contributed by atoms with Crippen LogP contribution >= 0.6 is 23.8 Å². The van der Waals surface area contributed by atoms with Gasteiger partial charge in [0.05, 0.1) is 11.6 Å². The standard InChI is InChI=1S/C23H23ClN2O5S/c1-4-29-19-12-15(10-16-21(27)25-23(32)26-22(16)28)11-17(24)20(19)31-8-7-30-18-6-5-13(2)9-14(18)3/h5-6,9-12H,4,7-8H2,1-3H3,(H2,25,26,27,28,32). The number of halogens is 1. The quantitative estimate of drug-likeness (QED) is 0.262. The molecule has 32 heavy (non-hydrogen) atoms. The van der Waals surface area contributed by atoms with Crippen molar-refractivity contribution >= 4 is 46.8 Å². The Morgan fingerprint density at radius 3 is 2.31 bits per heavy atom. The minimum Gasteiger partial charge on any atom is -0.490 e. The van der Waals surface area contributed by atoms with Crippen molar-refractivity contribution in [3.8, 4) is 17.2 Å². The first-order valence-electron chi connectivity index (χ1n) is 9.96. The van der Waals surface area contributed by atoms with E-state index in [2.05, 4.69) is 10.6 Å². The van der Waals surface area contributed by atoms with Gasteiger partial charge in [-0.25, -0.2) is 0 Å². The zero-order chi connectivity index (χ0) is 23.3. The topological polar surface area (TPSA) is 85.9 Å². The third kappa shape index (κ3) is 5.77. The number of carbonyl (C=O) groups excluding carboxylic acids is 2. The first-order valence-corrected chi connectivity index (χ1v) is 10.7. The Balaban J connectivity index is 1.74. The Morgan fingerprint density at radius 2 is 1.66 bits per heavy atom. The molecule has 1 saturated heterocycles. The molecule has 1 heterocycles. The Hall–Kier alpha value is -3.10. The number of thiocarbonyl (C=S) groups is 1. The van der Waals surface area contributed by atoms with Crippen molar-refractivity contribution in [2.24, 2.45) is 0 Å². The van der Waals surface area contributed by atoms with Crippen LogP contribution in [0.5, 0.6) is 17.2 Å². The van der Waals surface area contributed by atoms with Crippen LogP contribution in [-0.4, -0.2) is 36.7 Å². The average molecular weight is 475 g/mol. The summed E-state index contributed by atoms with van der Waals surface area (Å²) in [6.07, 6.45) is 1.41. The predicted octanol–water partition coefficient (Wildman–Crippen LogP) is 3.73. The number of aryl methyl sites for hydroxylation is 2. The highest BCUT2D eigenvalue weighted by atomic mass is 35.5. The number of nitrogens with one attached hydrogen (secondary N) is 2. The summed E-state index contributed by atoms with van der Waals surface area (Å²) in [5, 5.41) is 5.03. The summed E-state index contributed by atoms with van der Waals surface area (Å²) >= 11 is 11.2. The van der Waals surface area contributed by atoms with Gasteiger partial charge in [-0.1, -0.05) is 29.3 Å². The molecule has 1 aliphatic heterocycles. The maximum absolute atomic E-state index is 12.1. The largest absolute Gasteiger partial charge is 0.490 e. The second-order valence-corrected chi connectivity index (χ2v) is 7.84. The van der Waals surface area contributed by atoms with E-state index >= 15 is 0 Å². The lowest BCUT2D eigenvalue weighted by Crippen LogP contribution is -2.51. The van der Waals surface area contributed by atoms with Gasteiger partial charge in [-0.3, -0.25) is 20.2 Å². The smallest absolute Gasteiger partial charge is 0.263 e. The zero-order valence-corrected chi connectivity index (χ0v) is 19.5. The molecule has 2 N–H and O–H groups in total. The lowest BCUT2D eigenvalue weighted by Gasteiger charge is -2.17. The number of amides is 2. The monoisotopic (exact) mass is 474 g/mol. The Bertz CT molecular complexity index is 1080. The van der Waals surface area contributed by atoms with Gasteiger partial charge >= 0.3 is 0 Å². The van der Waals surface area contributed by atoms with Crippen molar-refractivity contribution < 1.29 is 23.8 Å². The molecule has 0 aliphatic carbocycles. The van der Waals surface area contributed by atoms with Gasteiger partial charge in [0.25, 0.3) is 11.8 Å². The highest BCUT2D eigenvalue weighted by Gasteiger charge is 2.26. The maximum Gasteiger partial charge on any atom is 0.263 e. The minimum absolute atomic E-state index is 0.0306. The van der Waals surface area contributed by atoms with Crippen molar-refractivity contribution in [2.45, 2.75) is 20.8 Å². The van der Waals surface area contributed by atoms with Crippen LogP contribution in [0.2, 0.25) is 5.02 Å². The highest BCUT2D eigenvalue weighted by Crippen LogP contribution is 2.37. The van der Waals surface area contributed by atoms with Crippen LogP contribution in [0, 0.1) is 13.8 Å². The Labute approximate surface area is 196 Å². The molecule has 0 spiro atoms. The van der Waals surface area contributed by atoms with E-state index in [9.17, 15) is 9.59 Å². The maximum atomic E-state index is 12.1. The summed E-state index contributed by atoms with van der Waals surface area (Å²) in [6, 6.07) is 9.20. The van der Waals surface area contributed by atoms with Crippen LogP contribution in [0.1, 0.15) is 23.6 Å². The number of rotatable bonds is 8. The molecule has 2 aromatic rings. The van der Waals surface area contributed by atoms with E-state index in [0.717, 1.165) is 11.3 Å². The summed E-state index contributed by atoms with van der Waals surface area (Å²) in [5.74, 6) is 0.373. The van der Waals surface area contributed by atoms with E-state index in [0.29, 0.717) is 30.3 Å². The van der Waals surface area contributed by atoms with Gasteiger partial charge in [0.1, 0.15) is 24.5 Å². The number of hydrogen-bond donors (Lipinski definition) is 2. The van der Waals surface area contributed by atoms with E-state index in [4.69, 9.17) is 38.0 Å². The van der Waals surface area contributed by atoms with E-state index in [-0.39, 0.29) is 22.3 Å². The van der Waals surface area contributed by atoms with Crippen LogP contribution in [0.3, 0.4) is 0 Å². The van der Waals surface area contributed by atoms with Gasteiger partial charge < -0.3 is 14.2 Å². The van der Waals surface area contributed by atoms with Gasteiger partial charge in [-0.15, -0.1) is 0 Å². The van der Waals surface area contributed by atoms with Gasteiger partial charge in [0.2, 0.25) is 0 Å². The summed E-state index contributed by atoms with van der Waals surface area (Å²) in [7, 11) is 0. The zero-order valence-electron chi connectivity index (χ0n) is 17.9. The van der Waals surface area contributed by atoms with E-state index < -0.39 is 11.8 Å². The third-order valence-electron chi connectivity index (χ3n) is 4.50. The van der Waals surface area contributed by atoms with E-state index in [1.54, 1.807) is 12.1 Å². The summed E-state index contributed by atoms with van der Waals surface area (Å²) < 4.78 is 17.3. The number of hydrogen-bond acceptors (Lipinski definition) is 6. The van der Waals surface area contributed by atoms with Crippen molar-refractivity contribution in [3.05, 3.63) is 57.6 Å². The molecular weight excluding hydrogens is 452 g/mol. The van der Waals surface area contributed by atoms with Crippen LogP contribution in [0.25, 0.3) is 6.08 Å². The molecule has 0 unspecified atom stereocenters. The highest BCUT2D eigenvalue weighted by molar-refractivity contribution is 7.80. The Kier molecular flexibility index (Phi) is 7.71. The molecule has 9 heteroatoms. The van der Waals surface area contributed by atoms with Crippen LogP contribution in [0.4, 0.5) is 0 Å². The van der Waals surface area contributed by atoms with Crippen molar-refractivity contribution in [2.75, 3.05) is 19.8 Å². The molecule has 0 aromatic heterocycles. The SMILES string of the molecule is CCOc1cc(C=C2C(=O)NC(=S)NC2=O)cc(Cl)c1OCCOc1ccc(C)cc1C. The van der Waals surface area contributed by atoms with Crippen molar-refractivity contribution in [1.29, 1.82) is 0 Å². The fourth-order valence-corrected chi connectivity index (χ4v) is 3.56. The second kappa shape index (κ2) is 10.5. The lowest BCUT2D eigenvalue weighted by molar-refractivity contribution is -0.123. The van der Waals surface area contributed by atoms with E-state index in [1.165, 1.54) is 11.6 Å². The Morgan fingerprint density at radius 1 is 0.969 bits per heavy atom. The first kappa shape index (κ1) is 23.6. The molecule has 0 radical (unpaired) electrons. The molecule has 168 valence electrons. The average Bonchev–Trinajstić information content (AvgIpc) is 2.71. The molecule has 1 aliphatic rings. The molecule has 0 saturated carbocycles. The van der Waals surface area contributed by atoms with Crippen molar-refractivity contribution in [3.63, 3.8) is 0 Å². The number of ether oxygens (including phenoxy) is 3. The summed E-state index contributed by atoms with van der Waals surface area (Å²) in [5.41, 5.74) is 2.63.